The molecule has 1 amide bonds. The minimum atomic E-state index is 0.0208. The van der Waals surface area contributed by atoms with Gasteiger partial charge in [-0.25, -0.2) is 0 Å². The molecule has 1 aliphatic rings. The lowest BCUT2D eigenvalue weighted by molar-refractivity contribution is 0.0730. The summed E-state index contributed by atoms with van der Waals surface area (Å²) in [5, 5.41) is 0. The SMILES string of the molecule is Cc1ccc(C(=O)N(Cc2ccncc2)Cc2ccc(OC[C@@H]3CC=CCC3)cc2)cc1. The van der Waals surface area contributed by atoms with Gasteiger partial charge in [-0.2, -0.15) is 0 Å². The predicted octanol–water partition coefficient (Wildman–Crippen LogP) is 5.97. The van der Waals surface area contributed by atoms with Crippen LogP contribution in [0.2, 0.25) is 0 Å². The fourth-order valence-electron chi connectivity index (χ4n) is 3.92. The molecule has 0 N–H and O–H groups in total. The van der Waals surface area contributed by atoms with E-state index in [-0.39, 0.29) is 5.91 Å². The lowest BCUT2D eigenvalue weighted by Crippen LogP contribution is -2.30. The van der Waals surface area contributed by atoms with Crippen molar-refractivity contribution in [2.24, 2.45) is 5.92 Å². The number of carbonyl (C=O) groups is 1. The zero-order valence-corrected chi connectivity index (χ0v) is 18.6. The van der Waals surface area contributed by atoms with E-state index >= 15 is 0 Å². The van der Waals surface area contributed by atoms with Crippen molar-refractivity contribution in [2.75, 3.05) is 6.61 Å². The molecule has 4 heteroatoms. The number of nitrogens with zero attached hydrogens (tertiary/aromatic N) is 2. The average molecular weight is 427 g/mol. The van der Waals surface area contributed by atoms with Crippen LogP contribution >= 0.6 is 0 Å². The normalized spacial score (nSPS) is 15.3. The van der Waals surface area contributed by atoms with Gasteiger partial charge in [-0.3, -0.25) is 9.78 Å². The van der Waals surface area contributed by atoms with Gasteiger partial charge in [-0.15, -0.1) is 0 Å². The van der Waals surface area contributed by atoms with Crippen LogP contribution in [0.4, 0.5) is 0 Å². The molecule has 4 nitrogen and oxygen atoms in total. The number of hydrogen-bond donors (Lipinski definition) is 0. The van der Waals surface area contributed by atoms with Crippen LogP contribution < -0.4 is 4.74 Å². The summed E-state index contributed by atoms with van der Waals surface area (Å²) >= 11 is 0. The summed E-state index contributed by atoms with van der Waals surface area (Å²) in [4.78, 5) is 19.3. The number of carbonyl (C=O) groups excluding carboxylic acids is 1. The van der Waals surface area contributed by atoms with Gasteiger partial charge in [-0.05, 0) is 79.6 Å². The number of rotatable bonds is 8. The Kier molecular flexibility index (Phi) is 7.34. The summed E-state index contributed by atoms with van der Waals surface area (Å²) in [7, 11) is 0. The summed E-state index contributed by atoms with van der Waals surface area (Å²) in [5.41, 5.74) is 3.97. The summed E-state index contributed by atoms with van der Waals surface area (Å²) in [6.07, 6.45) is 11.5. The first kappa shape index (κ1) is 21.8. The van der Waals surface area contributed by atoms with Gasteiger partial charge in [0.25, 0.3) is 5.91 Å². The highest BCUT2D eigenvalue weighted by atomic mass is 16.5. The van der Waals surface area contributed by atoms with Crippen molar-refractivity contribution in [3.63, 3.8) is 0 Å². The van der Waals surface area contributed by atoms with Crippen molar-refractivity contribution in [2.45, 2.75) is 39.3 Å². The van der Waals surface area contributed by atoms with E-state index in [4.69, 9.17) is 4.74 Å². The highest BCUT2D eigenvalue weighted by molar-refractivity contribution is 5.94. The zero-order valence-electron chi connectivity index (χ0n) is 18.6. The first-order valence-electron chi connectivity index (χ1n) is 11.3. The Balaban J connectivity index is 1.44. The third-order valence-electron chi connectivity index (χ3n) is 5.87. The predicted molar refractivity (Wildman–Crippen MR) is 127 cm³/mol. The van der Waals surface area contributed by atoms with Crippen LogP contribution in [0.5, 0.6) is 5.75 Å². The van der Waals surface area contributed by atoms with Crippen LogP contribution in [0.3, 0.4) is 0 Å². The van der Waals surface area contributed by atoms with Crippen LogP contribution in [0, 0.1) is 12.8 Å². The van der Waals surface area contributed by atoms with Crippen molar-refractivity contribution in [3.8, 4) is 5.75 Å². The van der Waals surface area contributed by atoms with Gasteiger partial charge in [0.05, 0.1) is 6.61 Å². The van der Waals surface area contributed by atoms with Crippen molar-refractivity contribution in [1.82, 2.24) is 9.88 Å². The largest absolute Gasteiger partial charge is 0.493 e. The van der Waals surface area contributed by atoms with E-state index < -0.39 is 0 Å². The van der Waals surface area contributed by atoms with Gasteiger partial charge in [-0.1, -0.05) is 42.0 Å². The van der Waals surface area contributed by atoms with E-state index in [0.717, 1.165) is 41.9 Å². The van der Waals surface area contributed by atoms with Gasteiger partial charge in [0.1, 0.15) is 5.75 Å². The van der Waals surface area contributed by atoms with E-state index in [2.05, 4.69) is 29.3 Å². The molecule has 3 aromatic rings. The molecular formula is C28H30N2O2. The molecule has 0 radical (unpaired) electrons. The van der Waals surface area contributed by atoms with Crippen LogP contribution in [0.15, 0.2) is 85.2 Å². The maximum atomic E-state index is 13.3. The van der Waals surface area contributed by atoms with Crippen LogP contribution in [0.1, 0.15) is 46.3 Å². The maximum absolute atomic E-state index is 13.3. The quantitative estimate of drug-likeness (QED) is 0.417. The summed E-state index contributed by atoms with van der Waals surface area (Å²) in [6, 6.07) is 19.8. The van der Waals surface area contributed by atoms with Crippen molar-refractivity contribution in [1.29, 1.82) is 0 Å². The molecule has 2 aromatic carbocycles. The molecule has 1 aliphatic carbocycles. The Morgan fingerprint density at radius 2 is 1.62 bits per heavy atom. The molecule has 0 spiro atoms. The molecule has 1 heterocycles. The average Bonchev–Trinajstić information content (AvgIpc) is 2.84. The van der Waals surface area contributed by atoms with Crippen LogP contribution in [-0.4, -0.2) is 22.4 Å². The smallest absolute Gasteiger partial charge is 0.254 e. The molecule has 1 atom stereocenters. The topological polar surface area (TPSA) is 42.4 Å². The lowest BCUT2D eigenvalue weighted by atomic mass is 9.95. The number of ether oxygens (including phenoxy) is 1. The van der Waals surface area contributed by atoms with E-state index in [1.54, 1.807) is 12.4 Å². The fourth-order valence-corrected chi connectivity index (χ4v) is 3.92. The second-order valence-corrected chi connectivity index (χ2v) is 8.49. The Labute approximate surface area is 190 Å². The second-order valence-electron chi connectivity index (χ2n) is 8.49. The van der Waals surface area contributed by atoms with Crippen molar-refractivity contribution < 1.29 is 9.53 Å². The minimum absolute atomic E-state index is 0.0208. The number of hydrogen-bond acceptors (Lipinski definition) is 3. The molecule has 0 saturated heterocycles. The Hall–Kier alpha value is -3.40. The van der Waals surface area contributed by atoms with E-state index in [0.29, 0.717) is 24.6 Å². The third kappa shape index (κ3) is 6.07. The molecule has 0 fully saturated rings. The van der Waals surface area contributed by atoms with Gasteiger partial charge in [0.15, 0.2) is 0 Å². The van der Waals surface area contributed by atoms with Crippen LogP contribution in [0.25, 0.3) is 0 Å². The van der Waals surface area contributed by atoms with Gasteiger partial charge < -0.3 is 9.64 Å². The lowest BCUT2D eigenvalue weighted by Gasteiger charge is -2.23. The molecular weight excluding hydrogens is 396 g/mol. The maximum Gasteiger partial charge on any atom is 0.254 e. The molecule has 32 heavy (non-hydrogen) atoms. The number of aryl methyl sites for hydroxylation is 1. The number of amides is 1. The molecule has 0 saturated carbocycles. The Bertz CT molecular complexity index is 1030. The van der Waals surface area contributed by atoms with E-state index in [1.807, 2.05) is 60.4 Å². The van der Waals surface area contributed by atoms with Crippen LogP contribution in [-0.2, 0) is 13.1 Å². The number of pyridine rings is 1. The van der Waals surface area contributed by atoms with Gasteiger partial charge in [0, 0.05) is 31.0 Å². The number of benzene rings is 2. The van der Waals surface area contributed by atoms with E-state index in [1.165, 1.54) is 6.42 Å². The minimum Gasteiger partial charge on any atom is -0.493 e. The standard InChI is InChI=1S/C28H30N2O2/c1-22-7-11-26(12-8-22)28(31)30(20-24-15-17-29-18-16-24)19-23-9-13-27(14-10-23)32-21-25-5-3-2-4-6-25/h2-3,7-18,25H,4-6,19-21H2,1H3/t25-/m1/s1. The first-order valence-corrected chi connectivity index (χ1v) is 11.3. The van der Waals surface area contributed by atoms with Gasteiger partial charge in [0.2, 0.25) is 0 Å². The molecule has 0 aliphatic heterocycles. The third-order valence-corrected chi connectivity index (χ3v) is 5.87. The monoisotopic (exact) mass is 426 g/mol. The molecule has 0 unspecified atom stereocenters. The number of allylic oxidation sites excluding steroid dienone is 2. The summed E-state index contributed by atoms with van der Waals surface area (Å²) < 4.78 is 6.01. The molecule has 4 rings (SSSR count). The Morgan fingerprint density at radius 1 is 0.938 bits per heavy atom. The van der Waals surface area contributed by atoms with Gasteiger partial charge >= 0.3 is 0 Å². The van der Waals surface area contributed by atoms with Crippen molar-refractivity contribution >= 4 is 5.91 Å². The second kappa shape index (κ2) is 10.8. The number of aromatic nitrogens is 1. The first-order chi connectivity index (χ1) is 15.7. The summed E-state index contributed by atoms with van der Waals surface area (Å²) in [5.74, 6) is 1.50. The Morgan fingerprint density at radius 3 is 2.28 bits per heavy atom. The van der Waals surface area contributed by atoms with Crippen molar-refractivity contribution in [3.05, 3.63) is 107 Å². The molecule has 164 valence electrons. The fraction of sp³-hybridized carbons (Fsp3) is 0.286. The molecule has 0 bridgehead atoms. The zero-order chi connectivity index (χ0) is 22.2. The highest BCUT2D eigenvalue weighted by Crippen LogP contribution is 2.21. The highest BCUT2D eigenvalue weighted by Gasteiger charge is 2.17. The summed E-state index contributed by atoms with van der Waals surface area (Å²) in [6.45, 7) is 3.84. The molecule has 1 aromatic heterocycles. The van der Waals surface area contributed by atoms with E-state index in [9.17, 15) is 4.79 Å².